The lowest BCUT2D eigenvalue weighted by molar-refractivity contribution is -0.205. The van der Waals surface area contributed by atoms with E-state index in [2.05, 4.69) is 9.97 Å². The van der Waals surface area contributed by atoms with Crippen LogP contribution >= 0.6 is 0 Å². The lowest BCUT2D eigenvalue weighted by Crippen LogP contribution is -2.42. The Bertz CT molecular complexity index is 506. The molecule has 21 heavy (non-hydrogen) atoms. The maximum Gasteiger partial charge on any atom is 0.241 e. The number of aromatic nitrogens is 2. The van der Waals surface area contributed by atoms with Gasteiger partial charge in [0.1, 0.15) is 11.3 Å². The molecule has 1 saturated carbocycles. The molecule has 1 saturated heterocycles. The molecule has 2 fully saturated rings. The molecule has 2 heterocycles. The summed E-state index contributed by atoms with van der Waals surface area (Å²) in [4.78, 5) is 8.48. The topological polar surface area (TPSA) is 82.9 Å². The molecule has 7 nitrogen and oxygen atoms in total. The van der Waals surface area contributed by atoms with Crippen LogP contribution in [0.1, 0.15) is 31.4 Å². The summed E-state index contributed by atoms with van der Waals surface area (Å²) < 4.78 is 21.6. The summed E-state index contributed by atoms with van der Waals surface area (Å²) in [6.07, 6.45) is 3.72. The fourth-order valence-electron chi connectivity index (χ4n) is 2.98. The van der Waals surface area contributed by atoms with Crippen molar-refractivity contribution in [3.63, 3.8) is 0 Å². The van der Waals surface area contributed by atoms with Gasteiger partial charge >= 0.3 is 0 Å². The van der Waals surface area contributed by atoms with Crippen LogP contribution in [0.5, 0.6) is 11.8 Å². The second kappa shape index (κ2) is 5.40. The summed E-state index contributed by atoms with van der Waals surface area (Å²) in [7, 11) is 3.01. The quantitative estimate of drug-likeness (QED) is 0.890. The molecule has 3 rings (SSSR count). The molecule has 1 aromatic heterocycles. The minimum absolute atomic E-state index is 0.293. The molecule has 116 valence electrons. The zero-order valence-corrected chi connectivity index (χ0v) is 12.3. The predicted molar refractivity (Wildman–Crippen MR) is 72.1 cm³/mol. The molecule has 0 aromatic carbocycles. The average molecular weight is 296 g/mol. The van der Waals surface area contributed by atoms with Crippen LogP contribution in [0.2, 0.25) is 0 Å². The lowest BCUT2D eigenvalue weighted by atomic mass is 9.79. The third kappa shape index (κ3) is 2.56. The molecule has 0 radical (unpaired) electrons. The van der Waals surface area contributed by atoms with Gasteiger partial charge in [0.2, 0.25) is 11.8 Å². The Kier molecular flexibility index (Phi) is 3.73. The van der Waals surface area contributed by atoms with E-state index in [9.17, 15) is 5.11 Å². The van der Waals surface area contributed by atoms with Gasteiger partial charge in [-0.25, -0.2) is 4.98 Å². The van der Waals surface area contributed by atoms with E-state index in [0.717, 1.165) is 0 Å². The standard InChI is InChI=1S/C14H20N2O5/c1-18-10-9-15-11(12(16-10)19-2)13(17)3-5-14(6-4-13)20-7-8-21-14/h9,17H,3-8H2,1-2H3. The average Bonchev–Trinajstić information content (AvgIpc) is 2.99. The molecule has 0 amide bonds. The maximum absolute atomic E-state index is 10.9. The minimum Gasteiger partial charge on any atom is -0.480 e. The normalized spacial score (nSPS) is 23.2. The Morgan fingerprint density at radius 3 is 2.33 bits per heavy atom. The van der Waals surface area contributed by atoms with Gasteiger partial charge in [-0.3, -0.25) is 0 Å². The zero-order valence-electron chi connectivity index (χ0n) is 12.3. The Morgan fingerprint density at radius 2 is 1.76 bits per heavy atom. The Morgan fingerprint density at radius 1 is 1.10 bits per heavy atom. The first-order valence-corrected chi connectivity index (χ1v) is 7.07. The van der Waals surface area contributed by atoms with Gasteiger partial charge in [-0.2, -0.15) is 4.98 Å². The molecular weight excluding hydrogens is 276 g/mol. The highest BCUT2D eigenvalue weighted by molar-refractivity contribution is 5.28. The number of hydrogen-bond acceptors (Lipinski definition) is 7. The van der Waals surface area contributed by atoms with E-state index in [4.69, 9.17) is 18.9 Å². The molecule has 0 unspecified atom stereocenters. The summed E-state index contributed by atoms with van der Waals surface area (Å²) in [5.74, 6) is 0.120. The summed E-state index contributed by atoms with van der Waals surface area (Å²) in [5.41, 5.74) is -0.635. The van der Waals surface area contributed by atoms with Gasteiger partial charge in [0.15, 0.2) is 5.79 Å². The molecule has 1 aliphatic heterocycles. The monoisotopic (exact) mass is 296 g/mol. The Hall–Kier alpha value is -1.44. The molecule has 0 atom stereocenters. The highest BCUT2D eigenvalue weighted by atomic mass is 16.7. The van der Waals surface area contributed by atoms with E-state index < -0.39 is 11.4 Å². The van der Waals surface area contributed by atoms with Crippen molar-refractivity contribution in [3.05, 3.63) is 11.9 Å². The van der Waals surface area contributed by atoms with Crippen molar-refractivity contribution >= 4 is 0 Å². The van der Waals surface area contributed by atoms with Gasteiger partial charge in [-0.1, -0.05) is 0 Å². The van der Waals surface area contributed by atoms with Gasteiger partial charge in [-0.05, 0) is 12.8 Å². The highest BCUT2D eigenvalue weighted by Gasteiger charge is 2.48. The van der Waals surface area contributed by atoms with Crippen molar-refractivity contribution in [2.45, 2.75) is 37.1 Å². The van der Waals surface area contributed by atoms with E-state index in [1.54, 1.807) is 0 Å². The molecule has 7 heteroatoms. The number of hydrogen-bond donors (Lipinski definition) is 1. The summed E-state index contributed by atoms with van der Waals surface area (Å²) in [6, 6.07) is 0. The van der Waals surface area contributed by atoms with E-state index in [1.165, 1.54) is 20.4 Å². The first kappa shape index (κ1) is 14.5. The third-order valence-electron chi connectivity index (χ3n) is 4.21. The van der Waals surface area contributed by atoms with Crippen LogP contribution in [-0.4, -0.2) is 48.3 Å². The number of methoxy groups -OCH3 is 2. The van der Waals surface area contributed by atoms with E-state index in [-0.39, 0.29) is 0 Å². The SMILES string of the molecule is COc1cnc(C2(O)CCC3(CC2)OCCO3)c(OC)n1. The fourth-order valence-corrected chi connectivity index (χ4v) is 2.98. The van der Waals surface area contributed by atoms with E-state index >= 15 is 0 Å². The molecule has 2 aliphatic rings. The van der Waals surface area contributed by atoms with E-state index in [0.29, 0.717) is 56.4 Å². The number of ether oxygens (including phenoxy) is 4. The maximum atomic E-state index is 10.9. The van der Waals surface area contributed by atoms with Crippen molar-refractivity contribution in [3.8, 4) is 11.8 Å². The van der Waals surface area contributed by atoms with Crippen LogP contribution in [0.4, 0.5) is 0 Å². The fraction of sp³-hybridized carbons (Fsp3) is 0.714. The summed E-state index contributed by atoms with van der Waals surface area (Å²) in [5, 5.41) is 10.9. The van der Waals surface area contributed by atoms with Crippen molar-refractivity contribution in [2.75, 3.05) is 27.4 Å². The van der Waals surface area contributed by atoms with Crippen LogP contribution in [-0.2, 0) is 15.1 Å². The first-order valence-electron chi connectivity index (χ1n) is 7.07. The lowest BCUT2D eigenvalue weighted by Gasteiger charge is -2.40. The van der Waals surface area contributed by atoms with Crippen LogP contribution in [0, 0.1) is 0 Å². The predicted octanol–water partition coefficient (Wildman–Crippen LogP) is 0.998. The minimum atomic E-state index is -1.08. The third-order valence-corrected chi connectivity index (χ3v) is 4.21. The molecule has 1 N–H and O–H groups in total. The van der Waals surface area contributed by atoms with Gasteiger partial charge in [0.25, 0.3) is 0 Å². The van der Waals surface area contributed by atoms with Crippen LogP contribution < -0.4 is 9.47 Å². The van der Waals surface area contributed by atoms with Crippen LogP contribution in [0.25, 0.3) is 0 Å². The Labute approximate surface area is 123 Å². The molecule has 1 aromatic rings. The molecular formula is C14H20N2O5. The van der Waals surface area contributed by atoms with Crippen molar-refractivity contribution in [2.24, 2.45) is 0 Å². The highest BCUT2D eigenvalue weighted by Crippen LogP contribution is 2.46. The van der Waals surface area contributed by atoms with Gasteiger partial charge in [0.05, 0.1) is 33.6 Å². The number of nitrogens with zero attached hydrogens (tertiary/aromatic N) is 2. The van der Waals surface area contributed by atoms with E-state index in [1.807, 2.05) is 0 Å². The summed E-state index contributed by atoms with van der Waals surface area (Å²) in [6.45, 7) is 1.23. The Balaban J connectivity index is 1.83. The molecule has 0 bridgehead atoms. The van der Waals surface area contributed by atoms with Crippen LogP contribution in [0.15, 0.2) is 6.20 Å². The number of aliphatic hydroxyl groups is 1. The van der Waals surface area contributed by atoms with Gasteiger partial charge < -0.3 is 24.1 Å². The van der Waals surface area contributed by atoms with Gasteiger partial charge in [-0.15, -0.1) is 0 Å². The first-order chi connectivity index (χ1) is 10.1. The zero-order chi connectivity index (χ0) is 14.9. The van der Waals surface area contributed by atoms with Crippen molar-refractivity contribution in [1.82, 2.24) is 9.97 Å². The largest absolute Gasteiger partial charge is 0.480 e. The second-order valence-electron chi connectivity index (χ2n) is 5.41. The summed E-state index contributed by atoms with van der Waals surface area (Å²) >= 11 is 0. The van der Waals surface area contributed by atoms with Crippen molar-refractivity contribution < 1.29 is 24.1 Å². The van der Waals surface area contributed by atoms with Crippen LogP contribution in [0.3, 0.4) is 0 Å². The smallest absolute Gasteiger partial charge is 0.241 e. The molecule has 1 spiro atoms. The van der Waals surface area contributed by atoms with Gasteiger partial charge in [0, 0.05) is 12.8 Å². The number of rotatable bonds is 3. The van der Waals surface area contributed by atoms with Crippen molar-refractivity contribution in [1.29, 1.82) is 0 Å². The molecule has 1 aliphatic carbocycles. The second-order valence-corrected chi connectivity index (χ2v) is 5.41.